The molecule has 1 N–H and O–H groups in total. The summed E-state index contributed by atoms with van der Waals surface area (Å²) in [5, 5.41) is 3.68. The first kappa shape index (κ1) is 14.9. The zero-order chi connectivity index (χ0) is 15.4. The Bertz CT molecular complexity index is 639. The molecule has 0 saturated carbocycles. The number of fused-ring (bicyclic) bond motifs is 1. The van der Waals surface area contributed by atoms with Crippen molar-refractivity contribution < 1.29 is 9.47 Å². The summed E-state index contributed by atoms with van der Waals surface area (Å²) in [6, 6.07) is 15.1. The van der Waals surface area contributed by atoms with Gasteiger partial charge in [-0.05, 0) is 48.6 Å². The second kappa shape index (κ2) is 6.84. The highest BCUT2D eigenvalue weighted by atomic mass is 16.5. The molecule has 0 saturated heterocycles. The third-order valence-electron chi connectivity index (χ3n) is 4.40. The molecule has 3 rings (SSSR count). The Kier molecular flexibility index (Phi) is 4.64. The monoisotopic (exact) mass is 297 g/mol. The fourth-order valence-corrected chi connectivity index (χ4v) is 3.22. The lowest BCUT2D eigenvalue weighted by atomic mass is 9.87. The summed E-state index contributed by atoms with van der Waals surface area (Å²) in [5.41, 5.74) is 4.05. The highest BCUT2D eigenvalue weighted by molar-refractivity contribution is 5.40. The third-order valence-corrected chi connectivity index (χ3v) is 4.40. The van der Waals surface area contributed by atoms with Crippen molar-refractivity contribution in [1.82, 2.24) is 5.32 Å². The van der Waals surface area contributed by atoms with Crippen LogP contribution in [0.3, 0.4) is 0 Å². The number of benzene rings is 2. The predicted octanol–water partition coefficient (Wildman–Crippen LogP) is 3.87. The number of nitrogens with one attached hydrogen (secondary N) is 1. The molecule has 1 aliphatic rings. The van der Waals surface area contributed by atoms with E-state index in [0.29, 0.717) is 6.04 Å². The van der Waals surface area contributed by atoms with Crippen LogP contribution < -0.4 is 14.8 Å². The van der Waals surface area contributed by atoms with Crippen LogP contribution in [0, 0.1) is 0 Å². The van der Waals surface area contributed by atoms with Crippen molar-refractivity contribution in [2.75, 3.05) is 14.2 Å². The summed E-state index contributed by atoms with van der Waals surface area (Å²) < 4.78 is 10.8. The normalized spacial score (nSPS) is 16.9. The van der Waals surface area contributed by atoms with Crippen molar-refractivity contribution in [3.63, 3.8) is 0 Å². The molecule has 0 spiro atoms. The van der Waals surface area contributed by atoms with Gasteiger partial charge in [0.2, 0.25) is 0 Å². The Morgan fingerprint density at radius 1 is 1.09 bits per heavy atom. The minimum absolute atomic E-state index is 0.417. The lowest BCUT2D eigenvalue weighted by Crippen LogP contribution is -2.25. The van der Waals surface area contributed by atoms with Crippen LogP contribution in [0.1, 0.15) is 35.6 Å². The van der Waals surface area contributed by atoms with E-state index in [2.05, 4.69) is 29.6 Å². The van der Waals surface area contributed by atoms with E-state index in [1.807, 2.05) is 18.2 Å². The van der Waals surface area contributed by atoms with Crippen molar-refractivity contribution in [2.45, 2.75) is 31.8 Å². The van der Waals surface area contributed by atoms with Gasteiger partial charge in [-0.25, -0.2) is 0 Å². The van der Waals surface area contributed by atoms with Crippen LogP contribution in [-0.4, -0.2) is 14.2 Å². The smallest absolute Gasteiger partial charge is 0.123 e. The summed E-state index contributed by atoms with van der Waals surface area (Å²) in [6.07, 6.45) is 3.62. The number of hydrogen-bond acceptors (Lipinski definition) is 3. The van der Waals surface area contributed by atoms with Crippen LogP contribution in [0.5, 0.6) is 11.5 Å². The van der Waals surface area contributed by atoms with Gasteiger partial charge in [-0.1, -0.05) is 24.3 Å². The molecule has 0 heterocycles. The van der Waals surface area contributed by atoms with Gasteiger partial charge in [0.25, 0.3) is 0 Å². The van der Waals surface area contributed by atoms with Crippen molar-refractivity contribution in [3.8, 4) is 11.5 Å². The molecule has 116 valence electrons. The maximum Gasteiger partial charge on any atom is 0.123 e. The average Bonchev–Trinajstić information content (AvgIpc) is 2.59. The molecule has 3 heteroatoms. The molecule has 2 aromatic carbocycles. The summed E-state index contributed by atoms with van der Waals surface area (Å²) in [5.74, 6) is 1.76. The van der Waals surface area contributed by atoms with Gasteiger partial charge in [0, 0.05) is 18.2 Å². The van der Waals surface area contributed by atoms with Gasteiger partial charge in [-0.2, -0.15) is 0 Å². The number of rotatable bonds is 5. The molecule has 2 aromatic rings. The summed E-state index contributed by atoms with van der Waals surface area (Å²) in [6.45, 7) is 0.777. The van der Waals surface area contributed by atoms with Crippen LogP contribution in [0.25, 0.3) is 0 Å². The minimum Gasteiger partial charge on any atom is -0.497 e. The van der Waals surface area contributed by atoms with E-state index in [9.17, 15) is 0 Å². The Hall–Kier alpha value is -2.00. The molecule has 3 nitrogen and oxygen atoms in total. The van der Waals surface area contributed by atoms with E-state index in [-0.39, 0.29) is 0 Å². The van der Waals surface area contributed by atoms with Gasteiger partial charge in [0.1, 0.15) is 11.5 Å². The quantitative estimate of drug-likeness (QED) is 0.908. The van der Waals surface area contributed by atoms with Gasteiger partial charge in [-0.15, -0.1) is 0 Å². The summed E-state index contributed by atoms with van der Waals surface area (Å²) in [7, 11) is 3.40. The van der Waals surface area contributed by atoms with Crippen LogP contribution in [0.4, 0.5) is 0 Å². The maximum atomic E-state index is 5.46. The van der Waals surface area contributed by atoms with Crippen molar-refractivity contribution in [2.24, 2.45) is 0 Å². The topological polar surface area (TPSA) is 30.5 Å². The highest BCUT2D eigenvalue weighted by Gasteiger charge is 2.19. The average molecular weight is 297 g/mol. The molecule has 0 amide bonds. The molecule has 0 bridgehead atoms. The summed E-state index contributed by atoms with van der Waals surface area (Å²) >= 11 is 0. The zero-order valence-corrected chi connectivity index (χ0v) is 13.3. The Balaban J connectivity index is 1.76. The van der Waals surface area contributed by atoms with Crippen LogP contribution in [0.2, 0.25) is 0 Å². The Morgan fingerprint density at radius 2 is 1.95 bits per heavy atom. The second-order valence-corrected chi connectivity index (χ2v) is 5.70. The molecular formula is C19H23NO2. The van der Waals surface area contributed by atoms with E-state index in [4.69, 9.17) is 9.47 Å². The molecule has 0 aliphatic heterocycles. The van der Waals surface area contributed by atoms with Crippen LogP contribution >= 0.6 is 0 Å². The largest absolute Gasteiger partial charge is 0.497 e. The molecular weight excluding hydrogens is 274 g/mol. The Morgan fingerprint density at radius 3 is 2.77 bits per heavy atom. The van der Waals surface area contributed by atoms with Gasteiger partial charge in [0.05, 0.1) is 14.2 Å². The fraction of sp³-hybridized carbons (Fsp3) is 0.368. The zero-order valence-electron chi connectivity index (χ0n) is 13.3. The van der Waals surface area contributed by atoms with E-state index in [1.54, 1.807) is 14.2 Å². The van der Waals surface area contributed by atoms with Crippen molar-refractivity contribution >= 4 is 0 Å². The minimum atomic E-state index is 0.417. The lowest BCUT2D eigenvalue weighted by Gasteiger charge is -2.26. The molecule has 0 fully saturated rings. The third kappa shape index (κ3) is 3.09. The fourth-order valence-electron chi connectivity index (χ4n) is 3.22. The van der Waals surface area contributed by atoms with E-state index < -0.39 is 0 Å². The SMILES string of the molecule is COc1ccc(OC)c(CN[C@@H]2CCCc3ccccc32)c1. The van der Waals surface area contributed by atoms with E-state index >= 15 is 0 Å². The van der Waals surface area contributed by atoms with Crippen molar-refractivity contribution in [1.29, 1.82) is 0 Å². The van der Waals surface area contributed by atoms with Crippen LogP contribution in [-0.2, 0) is 13.0 Å². The molecule has 0 aromatic heterocycles. The highest BCUT2D eigenvalue weighted by Crippen LogP contribution is 2.31. The van der Waals surface area contributed by atoms with Crippen LogP contribution in [0.15, 0.2) is 42.5 Å². The number of methoxy groups -OCH3 is 2. The molecule has 1 atom stereocenters. The standard InChI is InChI=1S/C19H23NO2/c1-21-16-10-11-19(22-2)15(12-16)13-20-18-9-5-7-14-6-3-4-8-17(14)18/h3-4,6,8,10-12,18,20H,5,7,9,13H2,1-2H3/t18-/m1/s1. The lowest BCUT2D eigenvalue weighted by molar-refractivity contribution is 0.392. The number of ether oxygens (including phenoxy) is 2. The second-order valence-electron chi connectivity index (χ2n) is 5.70. The first-order chi connectivity index (χ1) is 10.8. The first-order valence-electron chi connectivity index (χ1n) is 7.84. The number of aryl methyl sites for hydroxylation is 1. The predicted molar refractivity (Wildman–Crippen MR) is 88.5 cm³/mol. The maximum absolute atomic E-state index is 5.46. The van der Waals surface area contributed by atoms with E-state index in [1.165, 1.54) is 30.4 Å². The van der Waals surface area contributed by atoms with E-state index in [0.717, 1.165) is 23.6 Å². The van der Waals surface area contributed by atoms with Gasteiger partial charge in [-0.3, -0.25) is 0 Å². The first-order valence-corrected chi connectivity index (χ1v) is 7.84. The van der Waals surface area contributed by atoms with Gasteiger partial charge in [0.15, 0.2) is 0 Å². The molecule has 0 radical (unpaired) electrons. The molecule has 0 unspecified atom stereocenters. The summed E-state index contributed by atoms with van der Waals surface area (Å²) in [4.78, 5) is 0. The van der Waals surface area contributed by atoms with Gasteiger partial charge < -0.3 is 14.8 Å². The van der Waals surface area contributed by atoms with Crippen molar-refractivity contribution in [3.05, 3.63) is 59.2 Å². The molecule has 1 aliphatic carbocycles. The Labute approximate surface area is 132 Å². The number of hydrogen-bond donors (Lipinski definition) is 1. The molecule has 22 heavy (non-hydrogen) atoms. The van der Waals surface area contributed by atoms with Gasteiger partial charge >= 0.3 is 0 Å².